The highest BCUT2D eigenvalue weighted by atomic mass is 19.1. The molecule has 6 nitrogen and oxygen atoms in total. The number of carbonyl (C=O) groups excluding carboxylic acids is 3. The van der Waals surface area contributed by atoms with E-state index in [0.717, 1.165) is 17.0 Å². The van der Waals surface area contributed by atoms with Crippen LogP contribution in [0.4, 0.5) is 13.6 Å². The zero-order valence-corrected chi connectivity index (χ0v) is 14.4. The maximum absolute atomic E-state index is 13.8. The minimum atomic E-state index is -0.980. The molecular weight excluding hydrogens is 332 g/mol. The monoisotopic (exact) mass is 353 g/mol. The fourth-order valence-corrected chi connectivity index (χ4v) is 2.91. The second-order valence-corrected chi connectivity index (χ2v) is 6.07. The lowest BCUT2D eigenvalue weighted by Crippen LogP contribution is -2.46. The van der Waals surface area contributed by atoms with E-state index in [1.165, 1.54) is 13.0 Å². The number of urea groups is 1. The minimum Gasteiger partial charge on any atom is -0.348 e. The van der Waals surface area contributed by atoms with E-state index in [4.69, 9.17) is 0 Å². The first-order valence-electron chi connectivity index (χ1n) is 8.12. The van der Waals surface area contributed by atoms with Crippen LogP contribution in [0.25, 0.3) is 0 Å². The SMILES string of the molecule is CCC1(CC)NC(=O)N(CC(=O)N[C@@H](C)c2ccc(F)cc2F)C1=O. The summed E-state index contributed by atoms with van der Waals surface area (Å²) >= 11 is 0. The topological polar surface area (TPSA) is 78.5 Å². The van der Waals surface area contributed by atoms with E-state index in [1.54, 1.807) is 13.8 Å². The van der Waals surface area contributed by atoms with E-state index in [-0.39, 0.29) is 5.56 Å². The van der Waals surface area contributed by atoms with Gasteiger partial charge in [-0.2, -0.15) is 0 Å². The number of imide groups is 1. The number of amides is 4. The molecule has 8 heteroatoms. The predicted molar refractivity (Wildman–Crippen MR) is 86.5 cm³/mol. The summed E-state index contributed by atoms with van der Waals surface area (Å²) in [6.45, 7) is 4.64. The summed E-state index contributed by atoms with van der Waals surface area (Å²) in [6.07, 6.45) is 0.840. The van der Waals surface area contributed by atoms with Gasteiger partial charge in [0.05, 0.1) is 6.04 Å². The van der Waals surface area contributed by atoms with Crippen molar-refractivity contribution >= 4 is 17.8 Å². The van der Waals surface area contributed by atoms with Crippen molar-refractivity contribution in [1.82, 2.24) is 15.5 Å². The van der Waals surface area contributed by atoms with Crippen LogP contribution in [0.2, 0.25) is 0 Å². The van der Waals surface area contributed by atoms with Crippen LogP contribution in [-0.2, 0) is 9.59 Å². The molecule has 0 saturated carbocycles. The average Bonchev–Trinajstić information content (AvgIpc) is 2.79. The third kappa shape index (κ3) is 3.62. The number of hydrogen-bond acceptors (Lipinski definition) is 3. The summed E-state index contributed by atoms with van der Waals surface area (Å²) < 4.78 is 26.7. The molecule has 2 rings (SSSR count). The summed E-state index contributed by atoms with van der Waals surface area (Å²) in [6, 6.07) is 1.70. The number of carbonyl (C=O) groups is 3. The zero-order chi connectivity index (χ0) is 18.8. The van der Waals surface area contributed by atoms with E-state index < -0.39 is 47.6 Å². The van der Waals surface area contributed by atoms with E-state index in [9.17, 15) is 23.2 Å². The van der Waals surface area contributed by atoms with Crippen LogP contribution in [0, 0.1) is 11.6 Å². The Morgan fingerprint density at radius 3 is 2.44 bits per heavy atom. The molecule has 1 aromatic rings. The van der Waals surface area contributed by atoms with Crippen molar-refractivity contribution in [1.29, 1.82) is 0 Å². The minimum absolute atomic E-state index is 0.114. The van der Waals surface area contributed by atoms with Crippen LogP contribution in [0.1, 0.15) is 45.2 Å². The molecule has 0 aromatic heterocycles. The normalized spacial score (nSPS) is 17.4. The molecule has 25 heavy (non-hydrogen) atoms. The van der Waals surface area contributed by atoms with Gasteiger partial charge in [-0.1, -0.05) is 19.9 Å². The quantitative estimate of drug-likeness (QED) is 0.770. The number of halogens is 2. The highest BCUT2D eigenvalue weighted by Crippen LogP contribution is 2.25. The first-order chi connectivity index (χ1) is 11.7. The zero-order valence-electron chi connectivity index (χ0n) is 14.4. The average molecular weight is 353 g/mol. The fraction of sp³-hybridized carbons (Fsp3) is 0.471. The molecule has 1 aromatic carbocycles. The van der Waals surface area contributed by atoms with Gasteiger partial charge in [0, 0.05) is 11.6 Å². The van der Waals surface area contributed by atoms with Gasteiger partial charge in [0.15, 0.2) is 0 Å². The van der Waals surface area contributed by atoms with Crippen LogP contribution in [-0.4, -0.2) is 34.8 Å². The fourth-order valence-electron chi connectivity index (χ4n) is 2.91. The summed E-state index contributed by atoms with van der Waals surface area (Å²) in [5.41, 5.74) is -0.866. The van der Waals surface area contributed by atoms with Gasteiger partial charge in [0.2, 0.25) is 5.91 Å². The molecule has 1 saturated heterocycles. The van der Waals surface area contributed by atoms with Crippen molar-refractivity contribution in [3.63, 3.8) is 0 Å². The molecule has 1 fully saturated rings. The lowest BCUT2D eigenvalue weighted by molar-refractivity contribution is -0.135. The van der Waals surface area contributed by atoms with Gasteiger partial charge in [0.1, 0.15) is 23.7 Å². The van der Waals surface area contributed by atoms with Crippen LogP contribution < -0.4 is 10.6 Å². The molecule has 136 valence electrons. The number of benzene rings is 1. The second kappa shape index (κ2) is 7.16. The van der Waals surface area contributed by atoms with Gasteiger partial charge < -0.3 is 10.6 Å². The molecule has 2 N–H and O–H groups in total. The standard InChI is InChI=1S/C17H21F2N3O3/c1-4-17(5-2)15(24)22(16(25)21-17)9-14(23)20-10(3)12-7-6-11(18)8-13(12)19/h6-8,10H,4-5,9H2,1-3H3,(H,20,23)(H,21,25)/t10-/m0/s1. The smallest absolute Gasteiger partial charge is 0.325 e. The Morgan fingerprint density at radius 1 is 1.28 bits per heavy atom. The predicted octanol–water partition coefficient (Wildman–Crippen LogP) is 2.25. The Kier molecular flexibility index (Phi) is 5.39. The molecule has 0 unspecified atom stereocenters. The summed E-state index contributed by atoms with van der Waals surface area (Å²) in [5, 5.41) is 5.14. The maximum atomic E-state index is 13.8. The molecule has 0 aliphatic carbocycles. The second-order valence-electron chi connectivity index (χ2n) is 6.07. The van der Waals surface area contributed by atoms with Crippen LogP contribution in [0.15, 0.2) is 18.2 Å². The van der Waals surface area contributed by atoms with Gasteiger partial charge in [-0.25, -0.2) is 13.6 Å². The van der Waals surface area contributed by atoms with Gasteiger partial charge in [0.25, 0.3) is 5.91 Å². The van der Waals surface area contributed by atoms with Crippen molar-refractivity contribution in [2.45, 2.75) is 45.2 Å². The molecule has 1 atom stereocenters. The van der Waals surface area contributed by atoms with Crippen LogP contribution in [0.5, 0.6) is 0 Å². The molecular formula is C17H21F2N3O3. The number of hydrogen-bond donors (Lipinski definition) is 2. The summed E-state index contributed by atoms with van der Waals surface area (Å²) in [7, 11) is 0. The van der Waals surface area contributed by atoms with Crippen molar-refractivity contribution in [2.24, 2.45) is 0 Å². The first kappa shape index (κ1) is 18.8. The number of rotatable bonds is 6. The van der Waals surface area contributed by atoms with Gasteiger partial charge in [-0.05, 0) is 25.8 Å². The van der Waals surface area contributed by atoms with Gasteiger partial charge in [-0.15, -0.1) is 0 Å². The van der Waals surface area contributed by atoms with Gasteiger partial charge >= 0.3 is 6.03 Å². The lowest BCUT2D eigenvalue weighted by Gasteiger charge is -2.23. The largest absolute Gasteiger partial charge is 0.348 e. The van der Waals surface area contributed by atoms with Gasteiger partial charge in [-0.3, -0.25) is 14.5 Å². The molecule has 1 aliphatic heterocycles. The Balaban J connectivity index is 2.05. The van der Waals surface area contributed by atoms with Crippen molar-refractivity contribution < 1.29 is 23.2 Å². The Labute approximate surface area is 144 Å². The Hall–Kier alpha value is -2.51. The Bertz CT molecular complexity index is 704. The molecule has 0 radical (unpaired) electrons. The summed E-state index contributed by atoms with van der Waals surface area (Å²) in [4.78, 5) is 37.5. The van der Waals surface area contributed by atoms with Crippen molar-refractivity contribution in [3.8, 4) is 0 Å². The van der Waals surface area contributed by atoms with E-state index in [0.29, 0.717) is 12.8 Å². The van der Waals surface area contributed by atoms with Crippen molar-refractivity contribution in [3.05, 3.63) is 35.4 Å². The van der Waals surface area contributed by atoms with E-state index in [1.807, 2.05) is 0 Å². The third-order valence-electron chi connectivity index (χ3n) is 4.56. The molecule has 4 amide bonds. The van der Waals surface area contributed by atoms with Crippen LogP contribution >= 0.6 is 0 Å². The molecule has 1 heterocycles. The molecule has 0 bridgehead atoms. The maximum Gasteiger partial charge on any atom is 0.325 e. The van der Waals surface area contributed by atoms with E-state index in [2.05, 4.69) is 10.6 Å². The third-order valence-corrected chi connectivity index (χ3v) is 4.56. The lowest BCUT2D eigenvalue weighted by atomic mass is 9.93. The highest BCUT2D eigenvalue weighted by Gasteiger charge is 2.49. The van der Waals surface area contributed by atoms with Crippen molar-refractivity contribution in [2.75, 3.05) is 6.54 Å². The highest BCUT2D eigenvalue weighted by molar-refractivity contribution is 6.09. The van der Waals surface area contributed by atoms with Crippen LogP contribution in [0.3, 0.4) is 0 Å². The molecule has 1 aliphatic rings. The first-order valence-corrected chi connectivity index (χ1v) is 8.12. The number of nitrogens with one attached hydrogen (secondary N) is 2. The Morgan fingerprint density at radius 2 is 1.92 bits per heavy atom. The van der Waals surface area contributed by atoms with E-state index >= 15 is 0 Å². The molecule has 0 spiro atoms. The number of nitrogens with zero attached hydrogens (tertiary/aromatic N) is 1. The summed E-state index contributed by atoms with van der Waals surface area (Å²) in [5.74, 6) is -2.55.